The summed E-state index contributed by atoms with van der Waals surface area (Å²) in [6, 6.07) is 6.82. The van der Waals surface area contributed by atoms with E-state index in [4.69, 9.17) is 5.73 Å². The molecule has 1 aromatic rings. The summed E-state index contributed by atoms with van der Waals surface area (Å²) in [6.07, 6.45) is 4.26. The molecule has 0 radical (unpaired) electrons. The fourth-order valence-electron chi connectivity index (χ4n) is 2.38. The molecule has 3 nitrogen and oxygen atoms in total. The first-order valence-electron chi connectivity index (χ1n) is 6.95. The van der Waals surface area contributed by atoms with Gasteiger partial charge in [0, 0.05) is 12.6 Å². The van der Waals surface area contributed by atoms with Gasteiger partial charge in [0.05, 0.1) is 6.42 Å². The van der Waals surface area contributed by atoms with E-state index in [0.717, 1.165) is 19.3 Å². The van der Waals surface area contributed by atoms with Crippen LogP contribution in [-0.4, -0.2) is 29.9 Å². The van der Waals surface area contributed by atoms with Gasteiger partial charge in [0.2, 0.25) is 5.91 Å². The first-order chi connectivity index (χ1) is 9.22. The predicted octanol–water partition coefficient (Wildman–Crippen LogP) is 2.10. The summed E-state index contributed by atoms with van der Waals surface area (Å²) < 4.78 is 13.6. The van der Waals surface area contributed by atoms with Crippen LogP contribution in [0.1, 0.15) is 31.2 Å². The summed E-state index contributed by atoms with van der Waals surface area (Å²) in [5, 5.41) is 0. The van der Waals surface area contributed by atoms with Gasteiger partial charge in [0.1, 0.15) is 5.82 Å². The van der Waals surface area contributed by atoms with Crippen LogP contribution in [-0.2, 0) is 11.2 Å². The van der Waals surface area contributed by atoms with E-state index in [1.54, 1.807) is 18.2 Å². The largest absolute Gasteiger partial charge is 0.339 e. The molecule has 2 N–H and O–H groups in total. The second kappa shape index (κ2) is 6.66. The van der Waals surface area contributed by atoms with Crippen LogP contribution < -0.4 is 5.73 Å². The Morgan fingerprint density at radius 2 is 2.11 bits per heavy atom. The quantitative estimate of drug-likeness (QED) is 0.855. The second-order valence-corrected chi connectivity index (χ2v) is 5.08. The van der Waals surface area contributed by atoms with Gasteiger partial charge in [-0.05, 0) is 43.9 Å². The van der Waals surface area contributed by atoms with Gasteiger partial charge >= 0.3 is 0 Å². The van der Waals surface area contributed by atoms with Gasteiger partial charge in [-0.1, -0.05) is 18.2 Å². The zero-order valence-corrected chi connectivity index (χ0v) is 11.1. The highest BCUT2D eigenvalue weighted by molar-refractivity contribution is 5.79. The van der Waals surface area contributed by atoms with Crippen molar-refractivity contribution in [3.8, 4) is 0 Å². The van der Waals surface area contributed by atoms with Crippen molar-refractivity contribution in [2.75, 3.05) is 13.1 Å². The number of carbonyl (C=O) groups is 1. The van der Waals surface area contributed by atoms with Crippen LogP contribution in [0.2, 0.25) is 0 Å². The van der Waals surface area contributed by atoms with Crippen LogP contribution in [0.3, 0.4) is 0 Å². The molecule has 0 aliphatic heterocycles. The molecular weight excluding hydrogens is 243 g/mol. The number of carbonyl (C=O) groups excluding carboxylic acids is 1. The lowest BCUT2D eigenvalue weighted by molar-refractivity contribution is -0.134. The summed E-state index contributed by atoms with van der Waals surface area (Å²) in [7, 11) is 0. The van der Waals surface area contributed by atoms with E-state index in [1.165, 1.54) is 12.5 Å². The van der Waals surface area contributed by atoms with Gasteiger partial charge in [-0.25, -0.2) is 4.39 Å². The third-order valence-corrected chi connectivity index (χ3v) is 3.74. The molecule has 4 heteroatoms. The monoisotopic (exact) mass is 264 g/mol. The number of benzene rings is 1. The summed E-state index contributed by atoms with van der Waals surface area (Å²) in [5.41, 5.74) is 5.99. The Balaban J connectivity index is 2.00. The van der Waals surface area contributed by atoms with E-state index in [9.17, 15) is 9.18 Å². The molecule has 2 rings (SSSR count). The molecule has 0 spiro atoms. The lowest BCUT2D eigenvalue weighted by atomic mass is 9.91. The van der Waals surface area contributed by atoms with Crippen LogP contribution in [0.5, 0.6) is 0 Å². The van der Waals surface area contributed by atoms with Crippen molar-refractivity contribution in [2.45, 2.75) is 38.1 Å². The van der Waals surface area contributed by atoms with Crippen LogP contribution in [0.15, 0.2) is 24.3 Å². The molecule has 1 aliphatic rings. The van der Waals surface area contributed by atoms with Gasteiger partial charge in [0.15, 0.2) is 0 Å². The molecule has 104 valence electrons. The molecule has 1 amide bonds. The minimum atomic E-state index is -0.303. The predicted molar refractivity (Wildman–Crippen MR) is 73.1 cm³/mol. The molecule has 0 aromatic heterocycles. The molecule has 0 unspecified atom stereocenters. The third-order valence-electron chi connectivity index (χ3n) is 3.74. The SMILES string of the molecule is NCCCN(C(=O)Cc1ccccc1F)C1CCC1. The lowest BCUT2D eigenvalue weighted by Crippen LogP contribution is -2.45. The van der Waals surface area contributed by atoms with Crippen molar-refractivity contribution in [3.63, 3.8) is 0 Å². The van der Waals surface area contributed by atoms with Gasteiger partial charge in [-0.15, -0.1) is 0 Å². The minimum absolute atomic E-state index is 0.0169. The maximum atomic E-state index is 13.6. The zero-order valence-electron chi connectivity index (χ0n) is 11.1. The maximum Gasteiger partial charge on any atom is 0.227 e. The van der Waals surface area contributed by atoms with E-state index in [1.807, 2.05) is 4.90 Å². The zero-order chi connectivity index (χ0) is 13.7. The summed E-state index contributed by atoms with van der Waals surface area (Å²) in [4.78, 5) is 14.2. The van der Waals surface area contributed by atoms with Gasteiger partial charge in [-0.2, -0.15) is 0 Å². The average molecular weight is 264 g/mol. The number of nitrogens with zero attached hydrogens (tertiary/aromatic N) is 1. The molecule has 19 heavy (non-hydrogen) atoms. The number of nitrogens with two attached hydrogens (primary N) is 1. The molecule has 0 bridgehead atoms. The Morgan fingerprint density at radius 1 is 1.37 bits per heavy atom. The number of amides is 1. The first-order valence-corrected chi connectivity index (χ1v) is 6.95. The molecule has 0 atom stereocenters. The van der Waals surface area contributed by atoms with Crippen molar-refractivity contribution in [3.05, 3.63) is 35.6 Å². The van der Waals surface area contributed by atoms with Gasteiger partial charge < -0.3 is 10.6 Å². The van der Waals surface area contributed by atoms with Crippen molar-refractivity contribution in [1.29, 1.82) is 0 Å². The third kappa shape index (κ3) is 3.53. The van der Waals surface area contributed by atoms with Crippen molar-refractivity contribution < 1.29 is 9.18 Å². The number of hydrogen-bond donors (Lipinski definition) is 1. The Morgan fingerprint density at radius 3 is 2.68 bits per heavy atom. The van der Waals surface area contributed by atoms with Crippen molar-refractivity contribution in [1.82, 2.24) is 4.90 Å². The molecule has 1 aliphatic carbocycles. The number of halogens is 1. The van der Waals surface area contributed by atoms with Crippen LogP contribution in [0.25, 0.3) is 0 Å². The molecule has 0 heterocycles. The lowest BCUT2D eigenvalue weighted by Gasteiger charge is -2.37. The van der Waals surface area contributed by atoms with Gasteiger partial charge in [0.25, 0.3) is 0 Å². The number of hydrogen-bond acceptors (Lipinski definition) is 2. The maximum absolute atomic E-state index is 13.6. The van der Waals surface area contributed by atoms with Gasteiger partial charge in [-0.3, -0.25) is 4.79 Å². The van der Waals surface area contributed by atoms with Crippen LogP contribution in [0.4, 0.5) is 4.39 Å². The Labute approximate surface area is 113 Å². The topological polar surface area (TPSA) is 46.3 Å². The summed E-state index contributed by atoms with van der Waals surface area (Å²) in [6.45, 7) is 1.27. The normalized spacial score (nSPS) is 15.1. The molecule has 0 saturated heterocycles. The van der Waals surface area contributed by atoms with E-state index in [0.29, 0.717) is 24.7 Å². The Kier molecular flexibility index (Phi) is 4.91. The van der Waals surface area contributed by atoms with E-state index < -0.39 is 0 Å². The van der Waals surface area contributed by atoms with E-state index in [-0.39, 0.29) is 18.1 Å². The average Bonchev–Trinajstić information content (AvgIpc) is 2.34. The highest BCUT2D eigenvalue weighted by Gasteiger charge is 2.28. The van der Waals surface area contributed by atoms with Crippen molar-refractivity contribution in [2.24, 2.45) is 5.73 Å². The van der Waals surface area contributed by atoms with Crippen LogP contribution in [0, 0.1) is 5.82 Å². The summed E-state index contributed by atoms with van der Waals surface area (Å²) >= 11 is 0. The summed E-state index contributed by atoms with van der Waals surface area (Å²) in [5.74, 6) is -0.286. The Bertz CT molecular complexity index is 432. The highest BCUT2D eigenvalue weighted by atomic mass is 19.1. The highest BCUT2D eigenvalue weighted by Crippen LogP contribution is 2.25. The molecule has 1 aromatic carbocycles. The fraction of sp³-hybridized carbons (Fsp3) is 0.533. The van der Waals surface area contributed by atoms with Crippen molar-refractivity contribution >= 4 is 5.91 Å². The standard InChI is InChI=1S/C15H21FN2O/c16-14-8-2-1-5-12(14)11-15(19)18(10-4-9-17)13-6-3-7-13/h1-2,5,8,13H,3-4,6-7,9-11,17H2. The molecular formula is C15H21FN2O. The molecule has 1 saturated carbocycles. The molecule has 1 fully saturated rings. The van der Waals surface area contributed by atoms with Crippen LogP contribution >= 0.6 is 0 Å². The number of rotatable bonds is 6. The Hall–Kier alpha value is -1.42. The first kappa shape index (κ1) is 14.0. The fourth-order valence-corrected chi connectivity index (χ4v) is 2.38. The van der Waals surface area contributed by atoms with E-state index in [2.05, 4.69) is 0 Å². The second-order valence-electron chi connectivity index (χ2n) is 5.08. The van der Waals surface area contributed by atoms with E-state index >= 15 is 0 Å². The smallest absolute Gasteiger partial charge is 0.227 e. The minimum Gasteiger partial charge on any atom is -0.339 e.